The van der Waals surface area contributed by atoms with E-state index in [1.807, 2.05) is 43.3 Å². The molecule has 1 aromatic heterocycles. The average Bonchev–Trinajstić information content (AvgIpc) is 3.16. The van der Waals surface area contributed by atoms with Crippen molar-refractivity contribution in [3.8, 4) is 11.4 Å². The molecule has 0 aliphatic rings. The summed E-state index contributed by atoms with van der Waals surface area (Å²) in [4.78, 5) is 18.0. The van der Waals surface area contributed by atoms with E-state index in [4.69, 9.17) is 4.74 Å². The van der Waals surface area contributed by atoms with Crippen molar-refractivity contribution >= 4 is 5.91 Å². The number of carbonyl (C=O) groups is 1. The van der Waals surface area contributed by atoms with Gasteiger partial charge in [0.25, 0.3) is 5.91 Å². The smallest absolute Gasteiger partial charge is 0.253 e. The van der Waals surface area contributed by atoms with Gasteiger partial charge in [-0.15, -0.1) is 0 Å². The van der Waals surface area contributed by atoms with E-state index in [1.54, 1.807) is 35.1 Å². The first kappa shape index (κ1) is 16.7. The Balaban J connectivity index is 1.55. The SMILES string of the molecule is Cc1cccc(OCCN(C)C(=O)c2ccc(-n3cncn3)cc2)c1. The van der Waals surface area contributed by atoms with Crippen LogP contribution in [0.3, 0.4) is 0 Å². The fraction of sp³-hybridized carbons (Fsp3) is 0.211. The van der Waals surface area contributed by atoms with Crippen LogP contribution in [-0.2, 0) is 0 Å². The minimum absolute atomic E-state index is 0.0435. The lowest BCUT2D eigenvalue weighted by Gasteiger charge is -2.18. The molecule has 3 rings (SSSR count). The van der Waals surface area contributed by atoms with Crippen molar-refractivity contribution in [2.45, 2.75) is 6.92 Å². The molecule has 0 N–H and O–H groups in total. The molecule has 0 spiro atoms. The second kappa shape index (κ2) is 7.61. The summed E-state index contributed by atoms with van der Waals surface area (Å²) in [6, 6.07) is 15.1. The predicted molar refractivity (Wildman–Crippen MR) is 95.0 cm³/mol. The minimum atomic E-state index is -0.0435. The van der Waals surface area contributed by atoms with Gasteiger partial charge in [-0.3, -0.25) is 4.79 Å². The van der Waals surface area contributed by atoms with Crippen LogP contribution in [-0.4, -0.2) is 45.8 Å². The molecule has 128 valence electrons. The van der Waals surface area contributed by atoms with E-state index < -0.39 is 0 Å². The Hall–Kier alpha value is -3.15. The van der Waals surface area contributed by atoms with E-state index in [-0.39, 0.29) is 5.91 Å². The molecule has 0 saturated heterocycles. The molecule has 0 aliphatic carbocycles. The van der Waals surface area contributed by atoms with Crippen LogP contribution in [0.2, 0.25) is 0 Å². The lowest BCUT2D eigenvalue weighted by Crippen LogP contribution is -2.30. The fourth-order valence-electron chi connectivity index (χ4n) is 2.43. The van der Waals surface area contributed by atoms with Gasteiger partial charge in [0.2, 0.25) is 0 Å². The van der Waals surface area contributed by atoms with Gasteiger partial charge in [-0.1, -0.05) is 12.1 Å². The van der Waals surface area contributed by atoms with Crippen molar-refractivity contribution in [2.75, 3.05) is 20.2 Å². The largest absolute Gasteiger partial charge is 0.492 e. The average molecular weight is 336 g/mol. The van der Waals surface area contributed by atoms with Gasteiger partial charge in [0, 0.05) is 12.6 Å². The van der Waals surface area contributed by atoms with Crippen LogP contribution in [0.25, 0.3) is 5.69 Å². The van der Waals surface area contributed by atoms with E-state index in [1.165, 1.54) is 6.33 Å². The summed E-state index contributed by atoms with van der Waals surface area (Å²) in [5.74, 6) is 0.774. The molecule has 0 unspecified atom stereocenters. The van der Waals surface area contributed by atoms with Crippen LogP contribution in [0.4, 0.5) is 0 Å². The van der Waals surface area contributed by atoms with Gasteiger partial charge in [0.15, 0.2) is 0 Å². The quantitative estimate of drug-likeness (QED) is 0.694. The lowest BCUT2D eigenvalue weighted by molar-refractivity contribution is 0.0774. The monoisotopic (exact) mass is 336 g/mol. The van der Waals surface area contributed by atoms with Gasteiger partial charge in [-0.05, 0) is 48.9 Å². The van der Waals surface area contributed by atoms with Crippen LogP contribution in [0.15, 0.2) is 61.2 Å². The molecule has 0 saturated carbocycles. The van der Waals surface area contributed by atoms with E-state index in [0.29, 0.717) is 18.7 Å². The summed E-state index contributed by atoms with van der Waals surface area (Å²) < 4.78 is 7.35. The summed E-state index contributed by atoms with van der Waals surface area (Å²) in [6.45, 7) is 2.98. The van der Waals surface area contributed by atoms with Crippen LogP contribution in [0.5, 0.6) is 5.75 Å². The Bertz CT molecular complexity index is 829. The number of rotatable bonds is 6. The van der Waals surface area contributed by atoms with Crippen molar-refractivity contribution in [3.63, 3.8) is 0 Å². The second-order valence-corrected chi connectivity index (χ2v) is 5.78. The maximum Gasteiger partial charge on any atom is 0.253 e. The zero-order valence-corrected chi connectivity index (χ0v) is 14.3. The number of likely N-dealkylation sites (N-methyl/N-ethyl adjacent to an activating group) is 1. The molecule has 2 aromatic carbocycles. The highest BCUT2D eigenvalue weighted by Crippen LogP contribution is 2.13. The van der Waals surface area contributed by atoms with Gasteiger partial charge < -0.3 is 9.64 Å². The molecular weight excluding hydrogens is 316 g/mol. The number of hydrogen-bond donors (Lipinski definition) is 0. The second-order valence-electron chi connectivity index (χ2n) is 5.78. The molecular formula is C19H20N4O2. The highest BCUT2D eigenvalue weighted by molar-refractivity contribution is 5.94. The Labute approximate surface area is 146 Å². The highest BCUT2D eigenvalue weighted by atomic mass is 16.5. The third-order valence-corrected chi connectivity index (χ3v) is 3.83. The molecule has 1 heterocycles. The van der Waals surface area contributed by atoms with E-state index >= 15 is 0 Å². The molecule has 0 radical (unpaired) electrons. The maximum atomic E-state index is 12.5. The van der Waals surface area contributed by atoms with Crippen molar-refractivity contribution in [1.29, 1.82) is 0 Å². The molecule has 25 heavy (non-hydrogen) atoms. The first-order valence-electron chi connectivity index (χ1n) is 8.03. The molecule has 0 bridgehead atoms. The number of amides is 1. The Morgan fingerprint density at radius 1 is 1.20 bits per heavy atom. The predicted octanol–water partition coefficient (Wildman–Crippen LogP) is 2.73. The van der Waals surface area contributed by atoms with Gasteiger partial charge >= 0.3 is 0 Å². The number of nitrogens with zero attached hydrogens (tertiary/aromatic N) is 4. The Kier molecular flexibility index (Phi) is 5.09. The van der Waals surface area contributed by atoms with Crippen molar-refractivity contribution in [1.82, 2.24) is 19.7 Å². The third kappa shape index (κ3) is 4.23. The maximum absolute atomic E-state index is 12.5. The minimum Gasteiger partial charge on any atom is -0.492 e. The van der Waals surface area contributed by atoms with Gasteiger partial charge in [0.05, 0.1) is 12.2 Å². The van der Waals surface area contributed by atoms with Gasteiger partial charge in [0.1, 0.15) is 25.0 Å². The number of hydrogen-bond acceptors (Lipinski definition) is 4. The zero-order chi connectivity index (χ0) is 17.6. The Morgan fingerprint density at radius 3 is 2.68 bits per heavy atom. The lowest BCUT2D eigenvalue weighted by atomic mass is 10.2. The Morgan fingerprint density at radius 2 is 2.00 bits per heavy atom. The first-order chi connectivity index (χ1) is 12.1. The first-order valence-corrected chi connectivity index (χ1v) is 8.03. The standard InChI is InChI=1S/C19H20N4O2/c1-15-4-3-5-18(12-15)25-11-10-22(2)19(24)16-6-8-17(9-7-16)23-14-20-13-21-23/h3-9,12-14H,10-11H2,1-2H3. The van der Waals surface area contributed by atoms with E-state index in [0.717, 1.165) is 17.0 Å². The molecule has 0 fully saturated rings. The molecule has 6 nitrogen and oxygen atoms in total. The van der Waals surface area contributed by atoms with Crippen molar-refractivity contribution in [3.05, 3.63) is 72.3 Å². The molecule has 1 amide bonds. The highest BCUT2D eigenvalue weighted by Gasteiger charge is 2.12. The van der Waals surface area contributed by atoms with Gasteiger partial charge in [-0.25, -0.2) is 9.67 Å². The molecule has 0 aliphatic heterocycles. The van der Waals surface area contributed by atoms with Crippen LogP contribution in [0.1, 0.15) is 15.9 Å². The van der Waals surface area contributed by atoms with Crippen molar-refractivity contribution < 1.29 is 9.53 Å². The number of ether oxygens (including phenoxy) is 1. The summed E-state index contributed by atoms with van der Waals surface area (Å²) in [7, 11) is 1.77. The fourth-order valence-corrected chi connectivity index (χ4v) is 2.43. The molecule has 3 aromatic rings. The normalized spacial score (nSPS) is 10.5. The number of carbonyl (C=O) groups excluding carboxylic acids is 1. The number of benzene rings is 2. The van der Waals surface area contributed by atoms with Crippen molar-refractivity contribution in [2.24, 2.45) is 0 Å². The molecule has 6 heteroatoms. The topological polar surface area (TPSA) is 60.2 Å². The zero-order valence-electron chi connectivity index (χ0n) is 14.3. The summed E-state index contributed by atoms with van der Waals surface area (Å²) in [5.41, 5.74) is 2.64. The van der Waals surface area contributed by atoms with Crippen LogP contribution < -0.4 is 4.74 Å². The van der Waals surface area contributed by atoms with Gasteiger partial charge in [-0.2, -0.15) is 5.10 Å². The van der Waals surface area contributed by atoms with E-state index in [2.05, 4.69) is 10.1 Å². The third-order valence-electron chi connectivity index (χ3n) is 3.83. The summed E-state index contributed by atoms with van der Waals surface area (Å²) >= 11 is 0. The summed E-state index contributed by atoms with van der Waals surface area (Å²) in [6.07, 6.45) is 3.09. The summed E-state index contributed by atoms with van der Waals surface area (Å²) in [5, 5.41) is 4.07. The van der Waals surface area contributed by atoms with Crippen LogP contribution in [0, 0.1) is 6.92 Å². The number of aromatic nitrogens is 3. The number of aryl methyl sites for hydroxylation is 1. The van der Waals surface area contributed by atoms with E-state index in [9.17, 15) is 4.79 Å². The van der Waals surface area contributed by atoms with Crippen LogP contribution >= 0.6 is 0 Å². The molecule has 0 atom stereocenters.